The van der Waals surface area contributed by atoms with Gasteiger partial charge in [-0.2, -0.15) is 0 Å². The van der Waals surface area contributed by atoms with Gasteiger partial charge in [-0.05, 0) is 36.8 Å². The Morgan fingerprint density at radius 2 is 1.73 bits per heavy atom. The molecule has 30 heavy (non-hydrogen) atoms. The number of nitrogens with zero attached hydrogens (tertiary/aromatic N) is 6. The standard InChI is InChI=1S/C22H24N6OS/c29-21(17-30-22-25-11-8-20(26-22)19-7-2-4-10-24-19)28-13-5-12-27(14-15-28)16-18-6-1-3-9-23-18/h1-4,6-11H,5,12-17H2. The second kappa shape index (κ2) is 10.3. The molecule has 0 aromatic carbocycles. The first-order valence-corrected chi connectivity index (χ1v) is 11.0. The summed E-state index contributed by atoms with van der Waals surface area (Å²) >= 11 is 1.38. The summed E-state index contributed by atoms with van der Waals surface area (Å²) in [4.78, 5) is 34.6. The highest BCUT2D eigenvalue weighted by Crippen LogP contribution is 2.19. The molecule has 0 spiro atoms. The number of thioether (sulfide) groups is 1. The van der Waals surface area contributed by atoms with E-state index >= 15 is 0 Å². The Morgan fingerprint density at radius 3 is 2.53 bits per heavy atom. The van der Waals surface area contributed by atoms with Gasteiger partial charge in [-0.1, -0.05) is 23.9 Å². The van der Waals surface area contributed by atoms with Gasteiger partial charge in [-0.15, -0.1) is 0 Å². The second-order valence-electron chi connectivity index (χ2n) is 7.06. The molecule has 1 aliphatic rings. The molecule has 0 bridgehead atoms. The first-order chi connectivity index (χ1) is 14.8. The van der Waals surface area contributed by atoms with Crippen LogP contribution in [0.1, 0.15) is 12.1 Å². The first-order valence-electron chi connectivity index (χ1n) is 10.1. The molecule has 0 N–H and O–H groups in total. The summed E-state index contributed by atoms with van der Waals surface area (Å²) in [6, 6.07) is 13.5. The fraction of sp³-hybridized carbons (Fsp3) is 0.318. The number of pyridine rings is 2. The van der Waals surface area contributed by atoms with Crippen LogP contribution in [-0.4, -0.2) is 67.6 Å². The number of rotatable bonds is 6. The molecule has 0 aliphatic carbocycles. The minimum atomic E-state index is 0.131. The van der Waals surface area contributed by atoms with Crippen molar-refractivity contribution in [2.75, 3.05) is 31.9 Å². The molecule has 0 unspecified atom stereocenters. The van der Waals surface area contributed by atoms with Crippen LogP contribution in [0, 0.1) is 0 Å². The summed E-state index contributed by atoms with van der Waals surface area (Å²) in [5.41, 5.74) is 2.63. The molecule has 8 heteroatoms. The van der Waals surface area contributed by atoms with Gasteiger partial charge in [0, 0.05) is 51.3 Å². The maximum Gasteiger partial charge on any atom is 0.233 e. The van der Waals surface area contributed by atoms with Gasteiger partial charge in [0.2, 0.25) is 5.91 Å². The first kappa shape index (κ1) is 20.4. The van der Waals surface area contributed by atoms with Crippen molar-refractivity contribution in [3.63, 3.8) is 0 Å². The lowest BCUT2D eigenvalue weighted by atomic mass is 10.3. The molecule has 0 saturated carbocycles. The van der Waals surface area contributed by atoms with Gasteiger partial charge in [0.15, 0.2) is 5.16 Å². The minimum Gasteiger partial charge on any atom is -0.341 e. The van der Waals surface area contributed by atoms with Crippen molar-refractivity contribution in [2.24, 2.45) is 0 Å². The van der Waals surface area contributed by atoms with E-state index in [0.29, 0.717) is 10.9 Å². The van der Waals surface area contributed by atoms with Crippen LogP contribution in [0.3, 0.4) is 0 Å². The third kappa shape index (κ3) is 5.61. The van der Waals surface area contributed by atoms with Gasteiger partial charge in [0.05, 0.1) is 22.8 Å². The Bertz CT molecular complexity index is 956. The van der Waals surface area contributed by atoms with E-state index in [2.05, 4.69) is 24.8 Å². The van der Waals surface area contributed by atoms with Crippen molar-refractivity contribution in [3.8, 4) is 11.4 Å². The van der Waals surface area contributed by atoms with Crippen LogP contribution in [0.5, 0.6) is 0 Å². The fourth-order valence-corrected chi connectivity index (χ4v) is 4.12. The van der Waals surface area contributed by atoms with E-state index in [1.165, 1.54) is 11.8 Å². The van der Waals surface area contributed by atoms with E-state index in [4.69, 9.17) is 0 Å². The van der Waals surface area contributed by atoms with Crippen LogP contribution in [0.2, 0.25) is 0 Å². The Balaban J connectivity index is 1.29. The lowest BCUT2D eigenvalue weighted by Crippen LogP contribution is -2.36. The van der Waals surface area contributed by atoms with Crippen molar-refractivity contribution >= 4 is 17.7 Å². The zero-order valence-electron chi connectivity index (χ0n) is 16.7. The fourth-order valence-electron chi connectivity index (χ4n) is 3.38. The largest absolute Gasteiger partial charge is 0.341 e. The quantitative estimate of drug-likeness (QED) is 0.448. The third-order valence-electron chi connectivity index (χ3n) is 4.94. The highest BCUT2D eigenvalue weighted by atomic mass is 32.2. The molecule has 0 radical (unpaired) electrons. The smallest absolute Gasteiger partial charge is 0.233 e. The van der Waals surface area contributed by atoms with Gasteiger partial charge in [-0.3, -0.25) is 19.7 Å². The van der Waals surface area contributed by atoms with Gasteiger partial charge in [-0.25, -0.2) is 9.97 Å². The molecule has 154 valence electrons. The Kier molecular flexibility index (Phi) is 6.99. The highest BCUT2D eigenvalue weighted by Gasteiger charge is 2.20. The minimum absolute atomic E-state index is 0.131. The lowest BCUT2D eigenvalue weighted by Gasteiger charge is -2.21. The zero-order valence-corrected chi connectivity index (χ0v) is 17.5. The van der Waals surface area contributed by atoms with E-state index in [-0.39, 0.29) is 5.91 Å². The number of carbonyl (C=O) groups excluding carboxylic acids is 1. The van der Waals surface area contributed by atoms with E-state index < -0.39 is 0 Å². The predicted octanol–water partition coefficient (Wildman–Crippen LogP) is 2.76. The molecular formula is C22H24N6OS. The molecule has 3 aromatic rings. The van der Waals surface area contributed by atoms with Crippen LogP contribution >= 0.6 is 11.8 Å². The molecule has 1 fully saturated rings. The normalized spacial score (nSPS) is 15.0. The number of hydrogen-bond donors (Lipinski definition) is 0. The van der Waals surface area contributed by atoms with Crippen molar-refractivity contribution in [1.82, 2.24) is 29.7 Å². The van der Waals surface area contributed by atoms with E-state index in [1.807, 2.05) is 53.6 Å². The second-order valence-corrected chi connectivity index (χ2v) is 8.00. The average molecular weight is 421 g/mol. The molecule has 4 rings (SSSR count). The van der Waals surface area contributed by atoms with Gasteiger partial charge in [0.25, 0.3) is 0 Å². The summed E-state index contributed by atoms with van der Waals surface area (Å²) < 4.78 is 0. The Hall–Kier alpha value is -2.84. The van der Waals surface area contributed by atoms with E-state index in [9.17, 15) is 4.79 Å². The molecule has 7 nitrogen and oxygen atoms in total. The van der Waals surface area contributed by atoms with E-state index in [1.54, 1.807) is 12.4 Å². The number of amides is 1. The van der Waals surface area contributed by atoms with Crippen LogP contribution in [0.15, 0.2) is 66.2 Å². The molecule has 0 atom stereocenters. The average Bonchev–Trinajstić information content (AvgIpc) is 3.05. The van der Waals surface area contributed by atoms with E-state index in [0.717, 1.165) is 56.2 Å². The zero-order chi connectivity index (χ0) is 20.6. The lowest BCUT2D eigenvalue weighted by molar-refractivity contribution is -0.128. The molecule has 1 aliphatic heterocycles. The third-order valence-corrected chi connectivity index (χ3v) is 5.78. The molecule has 1 saturated heterocycles. The van der Waals surface area contributed by atoms with Gasteiger partial charge in [0.1, 0.15) is 0 Å². The number of aromatic nitrogens is 4. The summed E-state index contributed by atoms with van der Waals surface area (Å²) in [5, 5.41) is 0.595. The number of carbonyl (C=O) groups is 1. The SMILES string of the molecule is O=C(CSc1nccc(-c2ccccn2)n1)N1CCCN(Cc2ccccn2)CC1. The van der Waals surface area contributed by atoms with Crippen LogP contribution in [0.25, 0.3) is 11.4 Å². The van der Waals surface area contributed by atoms with Gasteiger partial charge >= 0.3 is 0 Å². The highest BCUT2D eigenvalue weighted by molar-refractivity contribution is 7.99. The van der Waals surface area contributed by atoms with Crippen molar-refractivity contribution in [3.05, 3.63) is 66.7 Å². The molecular weight excluding hydrogens is 396 g/mol. The van der Waals surface area contributed by atoms with Gasteiger partial charge < -0.3 is 4.90 Å². The molecule has 4 heterocycles. The maximum atomic E-state index is 12.8. The summed E-state index contributed by atoms with van der Waals surface area (Å²) in [6.45, 7) is 4.18. The summed E-state index contributed by atoms with van der Waals surface area (Å²) in [7, 11) is 0. The summed E-state index contributed by atoms with van der Waals surface area (Å²) in [5.74, 6) is 0.470. The Morgan fingerprint density at radius 1 is 0.867 bits per heavy atom. The number of hydrogen-bond acceptors (Lipinski definition) is 7. The topological polar surface area (TPSA) is 75.1 Å². The van der Waals surface area contributed by atoms with Crippen LogP contribution in [0.4, 0.5) is 0 Å². The Labute approximate surface area is 180 Å². The van der Waals surface area contributed by atoms with Crippen molar-refractivity contribution in [1.29, 1.82) is 0 Å². The maximum absolute atomic E-state index is 12.8. The monoisotopic (exact) mass is 420 g/mol. The predicted molar refractivity (Wildman–Crippen MR) is 117 cm³/mol. The van der Waals surface area contributed by atoms with Crippen LogP contribution in [-0.2, 0) is 11.3 Å². The molecule has 3 aromatic heterocycles. The molecule has 1 amide bonds. The van der Waals surface area contributed by atoms with Crippen molar-refractivity contribution < 1.29 is 4.79 Å². The summed E-state index contributed by atoms with van der Waals surface area (Å²) in [6.07, 6.45) is 6.25. The van der Waals surface area contributed by atoms with Crippen LogP contribution < -0.4 is 0 Å². The van der Waals surface area contributed by atoms with Crippen molar-refractivity contribution in [2.45, 2.75) is 18.1 Å².